The molecule has 0 aliphatic carbocycles. The molecule has 0 saturated carbocycles. The molecule has 0 aliphatic rings. The van der Waals surface area contributed by atoms with Crippen molar-refractivity contribution in [2.24, 2.45) is 0 Å². The lowest BCUT2D eigenvalue weighted by Gasteiger charge is -2.19. The second-order valence-electron chi connectivity index (χ2n) is 6.73. The maximum Gasteiger partial charge on any atom is 0.338 e. The summed E-state index contributed by atoms with van der Waals surface area (Å²) < 4.78 is 5.21. The van der Waals surface area contributed by atoms with Crippen LogP contribution < -0.4 is 5.32 Å². The summed E-state index contributed by atoms with van der Waals surface area (Å²) in [6.07, 6.45) is 0.470. The summed E-state index contributed by atoms with van der Waals surface area (Å²) in [5.74, 6) is -0.673. The number of nitrogens with one attached hydrogen (secondary N) is 1. The van der Waals surface area contributed by atoms with E-state index in [0.717, 1.165) is 5.56 Å². The van der Waals surface area contributed by atoms with Crippen LogP contribution >= 0.6 is 11.6 Å². The van der Waals surface area contributed by atoms with E-state index in [0.29, 0.717) is 16.4 Å². The number of anilines is 1. The fraction of sp³-hybridized carbons (Fsp3) is 0.316. The second kappa shape index (κ2) is 7.66. The molecule has 6 heteroatoms. The Hall–Kier alpha value is -2.40. The quantitative estimate of drug-likeness (QED) is 0.829. The Bertz CT molecular complexity index is 750. The molecule has 0 saturated heterocycles. The van der Waals surface area contributed by atoms with Crippen molar-refractivity contribution in [2.75, 3.05) is 5.32 Å². The summed E-state index contributed by atoms with van der Waals surface area (Å²) in [6, 6.07) is 10.4. The van der Waals surface area contributed by atoms with Crippen molar-refractivity contribution in [3.8, 4) is 0 Å². The van der Waals surface area contributed by atoms with E-state index in [2.05, 4.69) is 31.1 Å². The van der Waals surface area contributed by atoms with Gasteiger partial charge in [-0.2, -0.15) is 0 Å². The van der Waals surface area contributed by atoms with E-state index in [1.807, 2.05) is 12.1 Å². The van der Waals surface area contributed by atoms with Crippen LogP contribution in [0, 0.1) is 0 Å². The molecular weight excluding hydrogens is 340 g/mol. The van der Waals surface area contributed by atoms with E-state index in [-0.39, 0.29) is 5.41 Å². The standard InChI is InChI=1S/C19H21ClN2O3/c1-12(17(23)22-16-10-9-15(20)11-21-16)25-18(24)13-5-7-14(8-6-13)19(2,3)4/h5-12H,1-4H3,(H,21,22,23)/t12-/m1/s1. The number of carbonyl (C=O) groups is 2. The van der Waals surface area contributed by atoms with Gasteiger partial charge in [-0.25, -0.2) is 9.78 Å². The molecule has 2 aromatic rings. The number of nitrogens with zero attached hydrogens (tertiary/aromatic N) is 1. The van der Waals surface area contributed by atoms with Crippen molar-refractivity contribution in [3.05, 3.63) is 58.7 Å². The Morgan fingerprint density at radius 3 is 2.28 bits per heavy atom. The molecule has 1 amide bonds. The van der Waals surface area contributed by atoms with Gasteiger partial charge < -0.3 is 10.1 Å². The zero-order valence-electron chi connectivity index (χ0n) is 14.7. The summed E-state index contributed by atoms with van der Waals surface area (Å²) >= 11 is 5.74. The first-order valence-electron chi connectivity index (χ1n) is 7.91. The number of ether oxygens (including phenoxy) is 1. The molecule has 0 fully saturated rings. The highest BCUT2D eigenvalue weighted by molar-refractivity contribution is 6.30. The molecule has 0 bridgehead atoms. The van der Waals surface area contributed by atoms with Gasteiger partial charge in [0.25, 0.3) is 5.91 Å². The number of amides is 1. The van der Waals surface area contributed by atoms with Crippen molar-refractivity contribution in [3.63, 3.8) is 0 Å². The molecule has 1 atom stereocenters. The first kappa shape index (κ1) is 18.9. The first-order valence-corrected chi connectivity index (χ1v) is 8.28. The third-order valence-electron chi connectivity index (χ3n) is 3.62. The van der Waals surface area contributed by atoms with Gasteiger partial charge in [0.15, 0.2) is 6.10 Å². The molecule has 0 radical (unpaired) electrons. The lowest BCUT2D eigenvalue weighted by atomic mass is 9.87. The van der Waals surface area contributed by atoms with Crippen LogP contribution in [0.5, 0.6) is 0 Å². The predicted octanol–water partition coefficient (Wildman–Crippen LogP) is 4.22. The maximum absolute atomic E-state index is 12.2. The highest BCUT2D eigenvalue weighted by Gasteiger charge is 2.20. The Kier molecular flexibility index (Phi) is 5.80. The van der Waals surface area contributed by atoms with Gasteiger partial charge in [0.2, 0.25) is 0 Å². The van der Waals surface area contributed by atoms with Gasteiger partial charge in [-0.3, -0.25) is 4.79 Å². The number of benzene rings is 1. The molecule has 132 valence electrons. The lowest BCUT2D eigenvalue weighted by Crippen LogP contribution is -2.30. The van der Waals surface area contributed by atoms with E-state index in [1.165, 1.54) is 13.1 Å². The fourth-order valence-corrected chi connectivity index (χ4v) is 2.18. The predicted molar refractivity (Wildman–Crippen MR) is 97.9 cm³/mol. The number of rotatable bonds is 4. The van der Waals surface area contributed by atoms with E-state index in [4.69, 9.17) is 16.3 Å². The molecule has 1 aromatic carbocycles. The molecule has 1 N–H and O–H groups in total. The molecule has 0 spiro atoms. The zero-order valence-corrected chi connectivity index (χ0v) is 15.4. The number of hydrogen-bond donors (Lipinski definition) is 1. The average molecular weight is 361 g/mol. The average Bonchev–Trinajstić information content (AvgIpc) is 2.56. The van der Waals surface area contributed by atoms with Crippen LogP contribution in [0.1, 0.15) is 43.6 Å². The largest absolute Gasteiger partial charge is 0.449 e. The summed E-state index contributed by atoms with van der Waals surface area (Å²) in [4.78, 5) is 28.2. The monoisotopic (exact) mass is 360 g/mol. The minimum absolute atomic E-state index is 0.00118. The molecule has 2 rings (SSSR count). The number of esters is 1. The van der Waals surface area contributed by atoms with Crippen LogP contribution in [-0.4, -0.2) is 23.0 Å². The summed E-state index contributed by atoms with van der Waals surface area (Å²) in [5.41, 5.74) is 1.52. The normalized spacial score (nSPS) is 12.4. The van der Waals surface area contributed by atoms with Crippen LogP contribution in [-0.2, 0) is 14.9 Å². The fourth-order valence-electron chi connectivity index (χ4n) is 2.07. The minimum atomic E-state index is -0.952. The topological polar surface area (TPSA) is 68.3 Å². The third-order valence-corrected chi connectivity index (χ3v) is 3.84. The first-order chi connectivity index (χ1) is 11.7. The number of hydrogen-bond acceptors (Lipinski definition) is 4. The van der Waals surface area contributed by atoms with Crippen LogP contribution in [0.15, 0.2) is 42.6 Å². The molecule has 0 unspecified atom stereocenters. The summed E-state index contributed by atoms with van der Waals surface area (Å²) in [7, 11) is 0. The number of carbonyl (C=O) groups excluding carboxylic acids is 2. The van der Waals surface area contributed by atoms with Crippen molar-refractivity contribution >= 4 is 29.3 Å². The maximum atomic E-state index is 12.2. The Morgan fingerprint density at radius 2 is 1.76 bits per heavy atom. The van der Waals surface area contributed by atoms with Crippen molar-refractivity contribution in [1.82, 2.24) is 4.98 Å². The van der Waals surface area contributed by atoms with Gasteiger partial charge in [0, 0.05) is 6.20 Å². The highest BCUT2D eigenvalue weighted by Crippen LogP contribution is 2.22. The molecular formula is C19H21ClN2O3. The molecule has 1 aromatic heterocycles. The minimum Gasteiger partial charge on any atom is -0.449 e. The molecule has 25 heavy (non-hydrogen) atoms. The van der Waals surface area contributed by atoms with Gasteiger partial charge in [-0.1, -0.05) is 44.5 Å². The summed E-state index contributed by atoms with van der Waals surface area (Å²) in [5, 5.41) is 3.04. The van der Waals surface area contributed by atoms with Gasteiger partial charge >= 0.3 is 5.97 Å². The van der Waals surface area contributed by atoms with Gasteiger partial charge in [0.05, 0.1) is 10.6 Å². The third kappa shape index (κ3) is 5.29. The molecule has 5 nitrogen and oxygen atoms in total. The van der Waals surface area contributed by atoms with Crippen LogP contribution in [0.25, 0.3) is 0 Å². The Morgan fingerprint density at radius 1 is 1.12 bits per heavy atom. The van der Waals surface area contributed by atoms with Crippen molar-refractivity contribution in [1.29, 1.82) is 0 Å². The number of halogens is 1. The highest BCUT2D eigenvalue weighted by atomic mass is 35.5. The smallest absolute Gasteiger partial charge is 0.338 e. The van der Waals surface area contributed by atoms with E-state index in [1.54, 1.807) is 24.3 Å². The van der Waals surface area contributed by atoms with Crippen molar-refractivity contribution in [2.45, 2.75) is 39.2 Å². The SMILES string of the molecule is C[C@@H](OC(=O)c1ccc(C(C)(C)C)cc1)C(=O)Nc1ccc(Cl)cn1. The molecule has 1 heterocycles. The number of pyridine rings is 1. The van der Waals surface area contributed by atoms with Gasteiger partial charge in [0.1, 0.15) is 5.82 Å². The van der Waals surface area contributed by atoms with E-state index < -0.39 is 18.0 Å². The van der Waals surface area contributed by atoms with Gasteiger partial charge in [-0.05, 0) is 42.2 Å². The second-order valence-corrected chi connectivity index (χ2v) is 7.16. The Balaban J connectivity index is 1.97. The van der Waals surface area contributed by atoms with E-state index in [9.17, 15) is 9.59 Å². The van der Waals surface area contributed by atoms with Crippen LogP contribution in [0.4, 0.5) is 5.82 Å². The zero-order chi connectivity index (χ0) is 18.6. The summed E-state index contributed by atoms with van der Waals surface area (Å²) in [6.45, 7) is 7.79. The van der Waals surface area contributed by atoms with Crippen molar-refractivity contribution < 1.29 is 14.3 Å². The molecule has 0 aliphatic heterocycles. The number of aromatic nitrogens is 1. The van der Waals surface area contributed by atoms with Crippen LogP contribution in [0.2, 0.25) is 5.02 Å². The van der Waals surface area contributed by atoms with Gasteiger partial charge in [-0.15, -0.1) is 0 Å². The van der Waals surface area contributed by atoms with E-state index >= 15 is 0 Å². The Labute approximate surface area is 152 Å². The lowest BCUT2D eigenvalue weighted by molar-refractivity contribution is -0.123. The van der Waals surface area contributed by atoms with Crippen LogP contribution in [0.3, 0.4) is 0 Å².